The molecule has 2 atom stereocenters. The fraction of sp³-hybridized carbons (Fsp3) is 0.611. The molecule has 2 nitrogen and oxygen atoms in total. The molecule has 24 heavy (non-hydrogen) atoms. The number of hydrogen-bond donors (Lipinski definition) is 0. The third-order valence-electron chi connectivity index (χ3n) is 4.57. The Morgan fingerprint density at radius 2 is 1.79 bits per heavy atom. The minimum Gasteiger partial charge on any atom is -0.281 e. The Labute approximate surface area is 144 Å². The van der Waals surface area contributed by atoms with Gasteiger partial charge < -0.3 is 0 Å². The van der Waals surface area contributed by atoms with Crippen LogP contribution in [0.25, 0.3) is 0 Å². The van der Waals surface area contributed by atoms with Crippen molar-refractivity contribution in [3.63, 3.8) is 0 Å². The molecule has 0 bridgehead atoms. The average Bonchev–Trinajstić information content (AvgIpc) is 2.54. The summed E-state index contributed by atoms with van der Waals surface area (Å²) >= 11 is 0. The van der Waals surface area contributed by atoms with Crippen LogP contribution in [0, 0.1) is 12.8 Å². The predicted octanol–water partition coefficient (Wildman–Crippen LogP) is 5.07. The van der Waals surface area contributed by atoms with Crippen LogP contribution in [0.15, 0.2) is 34.2 Å². The van der Waals surface area contributed by atoms with Crippen molar-refractivity contribution in [2.45, 2.75) is 63.1 Å². The molecule has 0 saturated heterocycles. The molecule has 1 aliphatic carbocycles. The highest BCUT2D eigenvalue weighted by Crippen LogP contribution is 2.29. The minimum atomic E-state index is -4.54. The van der Waals surface area contributed by atoms with Crippen molar-refractivity contribution in [2.24, 2.45) is 10.9 Å². The van der Waals surface area contributed by atoms with E-state index in [-0.39, 0.29) is 12.0 Å². The Bertz CT molecular complexity index is 589. The summed E-state index contributed by atoms with van der Waals surface area (Å²) in [6.07, 6.45) is 0.579. The summed E-state index contributed by atoms with van der Waals surface area (Å²) in [5.41, 5.74) is 0.0749. The second-order valence-corrected chi connectivity index (χ2v) is 7.97. The molecule has 0 spiro atoms. The molecule has 0 aliphatic heterocycles. The lowest BCUT2D eigenvalue weighted by Gasteiger charge is -2.26. The molecule has 0 radical (unpaired) electrons. The first-order valence-electron chi connectivity index (χ1n) is 8.36. The molecule has 0 amide bonds. The molecule has 1 saturated carbocycles. The van der Waals surface area contributed by atoms with E-state index < -0.39 is 28.4 Å². The highest BCUT2D eigenvalue weighted by molar-refractivity contribution is 7.85. The predicted molar refractivity (Wildman–Crippen MR) is 92.0 cm³/mol. The number of aliphatic imine (C=N–C) groups is 1. The number of halogens is 3. The van der Waals surface area contributed by atoms with Gasteiger partial charge in [-0.15, -0.1) is 0 Å². The van der Waals surface area contributed by atoms with Gasteiger partial charge in [-0.25, -0.2) is 0 Å². The molecule has 1 aliphatic rings. The van der Waals surface area contributed by atoms with Crippen LogP contribution in [0.3, 0.4) is 0 Å². The lowest BCUT2D eigenvalue weighted by Crippen LogP contribution is -2.31. The molecule has 2 rings (SSSR count). The summed E-state index contributed by atoms with van der Waals surface area (Å²) in [7, 11) is -1.74. The van der Waals surface area contributed by atoms with Gasteiger partial charge in [-0.1, -0.05) is 37.0 Å². The van der Waals surface area contributed by atoms with Crippen LogP contribution in [-0.2, 0) is 10.8 Å². The Kier molecular flexibility index (Phi) is 6.61. The van der Waals surface area contributed by atoms with Crippen molar-refractivity contribution in [3.05, 3.63) is 29.8 Å². The van der Waals surface area contributed by atoms with Gasteiger partial charge in [0.1, 0.15) is 5.71 Å². The van der Waals surface area contributed by atoms with Crippen LogP contribution < -0.4 is 0 Å². The molecule has 0 aromatic heterocycles. The van der Waals surface area contributed by atoms with Gasteiger partial charge in [0.15, 0.2) is 0 Å². The quantitative estimate of drug-likeness (QED) is 0.675. The zero-order valence-corrected chi connectivity index (χ0v) is 14.9. The minimum absolute atomic E-state index is 0.198. The number of alkyl halides is 3. The van der Waals surface area contributed by atoms with E-state index in [1.54, 1.807) is 31.2 Å². The average molecular weight is 359 g/mol. The number of hydrogen-bond acceptors (Lipinski definition) is 2. The molecule has 134 valence electrons. The first kappa shape index (κ1) is 19.2. The molecule has 0 N–H and O–H groups in total. The maximum atomic E-state index is 13.3. The zero-order chi connectivity index (χ0) is 17.7. The van der Waals surface area contributed by atoms with Gasteiger partial charge in [-0.3, -0.25) is 9.20 Å². The summed E-state index contributed by atoms with van der Waals surface area (Å²) in [6, 6.07) is 6.36. The first-order valence-corrected chi connectivity index (χ1v) is 9.68. The second kappa shape index (κ2) is 8.28. The van der Waals surface area contributed by atoms with Crippen molar-refractivity contribution < 1.29 is 17.4 Å². The fourth-order valence-electron chi connectivity index (χ4n) is 3.06. The van der Waals surface area contributed by atoms with Crippen LogP contribution in [0.4, 0.5) is 13.2 Å². The largest absolute Gasteiger partial charge is 0.429 e. The topological polar surface area (TPSA) is 29.4 Å². The third-order valence-corrected chi connectivity index (χ3v) is 5.90. The molecule has 6 heteroatoms. The van der Waals surface area contributed by atoms with E-state index >= 15 is 0 Å². The SMILES string of the molecule is Cc1ccc([S@](=O)CC(=N[C@@H](C)C2CCCCC2)C(F)(F)F)cc1. The van der Waals surface area contributed by atoms with Crippen molar-refractivity contribution in [2.75, 3.05) is 5.75 Å². The van der Waals surface area contributed by atoms with Crippen molar-refractivity contribution in [1.29, 1.82) is 0 Å². The van der Waals surface area contributed by atoms with Crippen molar-refractivity contribution in [3.8, 4) is 0 Å². The van der Waals surface area contributed by atoms with Crippen LogP contribution in [0.2, 0.25) is 0 Å². The Morgan fingerprint density at radius 1 is 1.21 bits per heavy atom. The summed E-state index contributed by atoms with van der Waals surface area (Å²) in [4.78, 5) is 4.36. The van der Waals surface area contributed by atoms with E-state index in [0.717, 1.165) is 37.7 Å². The van der Waals surface area contributed by atoms with Gasteiger partial charge in [0.05, 0.1) is 22.6 Å². The summed E-state index contributed by atoms with van der Waals surface area (Å²) < 4.78 is 52.3. The Morgan fingerprint density at radius 3 is 2.33 bits per heavy atom. The van der Waals surface area contributed by atoms with Gasteiger partial charge in [-0.2, -0.15) is 13.2 Å². The lowest BCUT2D eigenvalue weighted by atomic mass is 9.85. The lowest BCUT2D eigenvalue weighted by molar-refractivity contribution is -0.0594. The zero-order valence-electron chi connectivity index (χ0n) is 14.1. The summed E-state index contributed by atoms with van der Waals surface area (Å²) in [6.45, 7) is 3.62. The Balaban J connectivity index is 2.14. The van der Waals surface area contributed by atoms with Gasteiger partial charge in [0.2, 0.25) is 0 Å². The standard InChI is InChI=1S/C18H24F3NOS/c1-13-8-10-16(11-9-13)24(23)12-17(18(19,20)21)22-14(2)15-6-4-3-5-7-15/h8-11,14-15H,3-7,12H2,1-2H3/t14-,24+/m0/s1. The van der Waals surface area contributed by atoms with E-state index in [9.17, 15) is 17.4 Å². The van der Waals surface area contributed by atoms with Gasteiger partial charge in [0.25, 0.3) is 0 Å². The van der Waals surface area contributed by atoms with Crippen LogP contribution in [-0.4, -0.2) is 27.9 Å². The van der Waals surface area contributed by atoms with Crippen molar-refractivity contribution in [1.82, 2.24) is 0 Å². The molecule has 1 fully saturated rings. The fourth-order valence-corrected chi connectivity index (χ4v) is 4.15. The second-order valence-electron chi connectivity index (χ2n) is 6.52. The number of aryl methyl sites for hydroxylation is 1. The van der Waals surface area contributed by atoms with Gasteiger partial charge in [-0.05, 0) is 44.7 Å². The third kappa shape index (κ3) is 5.43. The normalized spacial score (nSPS) is 20.0. The molecule has 1 aromatic carbocycles. The van der Waals surface area contributed by atoms with Crippen LogP contribution in [0.1, 0.15) is 44.6 Å². The highest BCUT2D eigenvalue weighted by atomic mass is 32.2. The highest BCUT2D eigenvalue weighted by Gasteiger charge is 2.37. The molecule has 0 unspecified atom stereocenters. The molecule has 0 heterocycles. The summed E-state index contributed by atoms with van der Waals surface area (Å²) in [5.74, 6) is -0.382. The van der Waals surface area contributed by atoms with E-state index in [1.165, 1.54) is 0 Å². The number of rotatable bonds is 5. The maximum absolute atomic E-state index is 13.3. The summed E-state index contributed by atoms with van der Waals surface area (Å²) in [5, 5.41) is 0. The monoisotopic (exact) mass is 359 g/mol. The maximum Gasteiger partial charge on any atom is 0.429 e. The van der Waals surface area contributed by atoms with Crippen LogP contribution >= 0.6 is 0 Å². The van der Waals surface area contributed by atoms with E-state index in [4.69, 9.17) is 0 Å². The molecular formula is C18H24F3NOS. The van der Waals surface area contributed by atoms with E-state index in [1.807, 2.05) is 6.92 Å². The van der Waals surface area contributed by atoms with Gasteiger partial charge in [0, 0.05) is 4.90 Å². The first-order chi connectivity index (χ1) is 11.3. The van der Waals surface area contributed by atoms with E-state index in [2.05, 4.69) is 4.99 Å². The number of nitrogens with zero attached hydrogens (tertiary/aromatic N) is 1. The van der Waals surface area contributed by atoms with Crippen molar-refractivity contribution >= 4 is 16.5 Å². The molecule has 1 aromatic rings. The van der Waals surface area contributed by atoms with Crippen LogP contribution in [0.5, 0.6) is 0 Å². The van der Waals surface area contributed by atoms with E-state index in [0.29, 0.717) is 4.90 Å². The molecular weight excluding hydrogens is 335 g/mol. The Hall–Kier alpha value is -1.17. The van der Waals surface area contributed by atoms with Gasteiger partial charge >= 0.3 is 6.18 Å². The number of benzene rings is 1. The smallest absolute Gasteiger partial charge is 0.281 e.